The van der Waals surface area contributed by atoms with Gasteiger partial charge in [-0.05, 0) is 37.1 Å². The average molecular weight is 290 g/mol. The van der Waals surface area contributed by atoms with Crippen LogP contribution in [0.1, 0.15) is 23.2 Å². The number of aliphatic carboxylic acids is 1. The number of H-pyrrole nitrogens is 1. The number of methoxy groups -OCH3 is 1. The van der Waals surface area contributed by atoms with Crippen molar-refractivity contribution in [3.63, 3.8) is 0 Å². The van der Waals surface area contributed by atoms with E-state index in [0.29, 0.717) is 25.0 Å². The third-order valence-corrected chi connectivity index (χ3v) is 3.26. The molecule has 0 aliphatic carbocycles. The van der Waals surface area contributed by atoms with E-state index in [1.54, 1.807) is 31.5 Å². The van der Waals surface area contributed by atoms with Crippen LogP contribution in [-0.4, -0.2) is 41.7 Å². The number of benzene rings is 1. The molecule has 1 unspecified atom stereocenters. The van der Waals surface area contributed by atoms with Crippen molar-refractivity contribution >= 4 is 22.8 Å². The molecule has 1 aromatic heterocycles. The van der Waals surface area contributed by atoms with Crippen LogP contribution >= 0.6 is 0 Å². The van der Waals surface area contributed by atoms with Crippen molar-refractivity contribution in [1.29, 1.82) is 0 Å². The van der Waals surface area contributed by atoms with Crippen molar-refractivity contribution in [2.75, 3.05) is 13.7 Å². The van der Waals surface area contributed by atoms with Crippen LogP contribution in [0.25, 0.3) is 10.9 Å². The van der Waals surface area contributed by atoms with Crippen LogP contribution in [0.4, 0.5) is 0 Å². The molecule has 0 fully saturated rings. The van der Waals surface area contributed by atoms with Gasteiger partial charge >= 0.3 is 5.97 Å². The van der Waals surface area contributed by atoms with Crippen LogP contribution in [0.15, 0.2) is 30.5 Å². The number of ether oxygens (including phenoxy) is 1. The highest BCUT2D eigenvalue weighted by Crippen LogP contribution is 2.14. The number of carboxylic acid groups (broad SMARTS) is 1. The summed E-state index contributed by atoms with van der Waals surface area (Å²) in [6.45, 7) is 0.467. The molecule has 0 bridgehead atoms. The van der Waals surface area contributed by atoms with Gasteiger partial charge in [0.05, 0.1) is 0 Å². The first kappa shape index (κ1) is 15.1. The fourth-order valence-corrected chi connectivity index (χ4v) is 2.13. The summed E-state index contributed by atoms with van der Waals surface area (Å²) in [6, 6.07) is 6.15. The maximum atomic E-state index is 12.1. The van der Waals surface area contributed by atoms with Crippen LogP contribution in [0.3, 0.4) is 0 Å². The van der Waals surface area contributed by atoms with Crippen molar-refractivity contribution in [3.05, 3.63) is 36.0 Å². The third-order valence-electron chi connectivity index (χ3n) is 3.26. The second-order valence-corrected chi connectivity index (χ2v) is 4.78. The minimum atomic E-state index is -1.04. The highest BCUT2D eigenvalue weighted by molar-refractivity contribution is 5.99. The van der Waals surface area contributed by atoms with E-state index in [9.17, 15) is 9.59 Å². The van der Waals surface area contributed by atoms with Gasteiger partial charge in [-0.1, -0.05) is 0 Å². The van der Waals surface area contributed by atoms with E-state index in [2.05, 4.69) is 10.3 Å². The zero-order chi connectivity index (χ0) is 15.2. The lowest BCUT2D eigenvalue weighted by atomic mass is 10.1. The second kappa shape index (κ2) is 6.90. The molecular weight excluding hydrogens is 272 g/mol. The normalized spacial score (nSPS) is 12.2. The van der Waals surface area contributed by atoms with Gasteiger partial charge in [0.25, 0.3) is 5.91 Å². The fraction of sp³-hybridized carbons (Fsp3) is 0.333. The number of hydrogen-bond acceptors (Lipinski definition) is 3. The quantitative estimate of drug-likeness (QED) is 0.678. The number of hydrogen-bond donors (Lipinski definition) is 3. The smallest absolute Gasteiger partial charge is 0.326 e. The average Bonchev–Trinajstić information content (AvgIpc) is 2.93. The zero-order valence-electron chi connectivity index (χ0n) is 11.8. The monoisotopic (exact) mass is 290 g/mol. The SMILES string of the molecule is COCCCC(NC(=O)c1ccc2[nH]ccc2c1)C(=O)O. The summed E-state index contributed by atoms with van der Waals surface area (Å²) >= 11 is 0. The number of nitrogens with one attached hydrogen (secondary N) is 2. The number of aromatic amines is 1. The summed E-state index contributed by atoms with van der Waals surface area (Å²) in [5, 5.41) is 12.6. The van der Waals surface area contributed by atoms with E-state index in [1.807, 2.05) is 6.07 Å². The van der Waals surface area contributed by atoms with Crippen molar-refractivity contribution < 1.29 is 19.4 Å². The van der Waals surface area contributed by atoms with Crippen LogP contribution in [0, 0.1) is 0 Å². The molecule has 0 saturated carbocycles. The summed E-state index contributed by atoms with van der Waals surface area (Å²) in [6.07, 6.45) is 2.70. The Morgan fingerprint density at radius 1 is 1.38 bits per heavy atom. The first-order valence-electron chi connectivity index (χ1n) is 6.71. The molecule has 1 amide bonds. The Morgan fingerprint density at radius 2 is 2.19 bits per heavy atom. The van der Waals surface area contributed by atoms with Crippen molar-refractivity contribution in [2.45, 2.75) is 18.9 Å². The molecule has 2 rings (SSSR count). The highest BCUT2D eigenvalue weighted by Gasteiger charge is 2.20. The molecule has 2 aromatic rings. The van der Waals surface area contributed by atoms with Gasteiger partial charge in [0.1, 0.15) is 6.04 Å². The zero-order valence-corrected chi connectivity index (χ0v) is 11.8. The predicted octanol–water partition coefficient (Wildman–Crippen LogP) is 1.78. The standard InChI is InChI=1S/C15H18N2O4/c1-21-8-2-3-13(15(19)20)17-14(18)11-4-5-12-10(9-11)6-7-16-12/h4-7,9,13,16H,2-3,8H2,1H3,(H,17,18)(H,19,20). The number of rotatable bonds is 7. The fourth-order valence-electron chi connectivity index (χ4n) is 2.13. The van der Waals surface area contributed by atoms with Gasteiger partial charge in [0.15, 0.2) is 0 Å². The maximum absolute atomic E-state index is 12.1. The van der Waals surface area contributed by atoms with Crippen molar-refractivity contribution in [1.82, 2.24) is 10.3 Å². The molecule has 0 aliphatic rings. The van der Waals surface area contributed by atoms with Crippen molar-refractivity contribution in [2.24, 2.45) is 0 Å². The Hall–Kier alpha value is -2.34. The Labute approximate surface area is 122 Å². The summed E-state index contributed by atoms with van der Waals surface area (Å²) in [5.74, 6) is -1.43. The first-order valence-corrected chi connectivity index (χ1v) is 6.71. The molecule has 6 nitrogen and oxygen atoms in total. The summed E-state index contributed by atoms with van der Waals surface area (Å²) < 4.78 is 4.89. The number of carbonyl (C=O) groups is 2. The van der Waals surface area contributed by atoms with Crippen LogP contribution < -0.4 is 5.32 Å². The second-order valence-electron chi connectivity index (χ2n) is 4.78. The Kier molecular flexibility index (Phi) is 4.94. The first-order chi connectivity index (χ1) is 10.1. The number of carboxylic acids is 1. The van der Waals surface area contributed by atoms with E-state index in [0.717, 1.165) is 10.9 Å². The topological polar surface area (TPSA) is 91.4 Å². The molecule has 3 N–H and O–H groups in total. The van der Waals surface area contributed by atoms with E-state index >= 15 is 0 Å². The van der Waals surface area contributed by atoms with Gasteiger partial charge < -0.3 is 20.1 Å². The summed E-state index contributed by atoms with van der Waals surface area (Å²) in [5.41, 5.74) is 1.38. The molecule has 112 valence electrons. The largest absolute Gasteiger partial charge is 0.480 e. The molecular formula is C15H18N2O4. The third kappa shape index (κ3) is 3.82. The van der Waals surface area contributed by atoms with Gasteiger partial charge in [-0.25, -0.2) is 4.79 Å². The minimum absolute atomic E-state index is 0.335. The number of amides is 1. The number of carbonyl (C=O) groups excluding carboxylic acids is 1. The maximum Gasteiger partial charge on any atom is 0.326 e. The van der Waals surface area contributed by atoms with Crippen LogP contribution in [0.2, 0.25) is 0 Å². The van der Waals surface area contributed by atoms with Gasteiger partial charge in [0.2, 0.25) is 0 Å². The molecule has 1 heterocycles. The molecule has 6 heteroatoms. The number of fused-ring (bicyclic) bond motifs is 1. The molecule has 0 radical (unpaired) electrons. The lowest BCUT2D eigenvalue weighted by Crippen LogP contribution is -2.40. The van der Waals surface area contributed by atoms with E-state index in [1.165, 1.54) is 0 Å². The van der Waals surface area contributed by atoms with E-state index in [-0.39, 0.29) is 5.91 Å². The lowest BCUT2D eigenvalue weighted by Gasteiger charge is -2.14. The van der Waals surface area contributed by atoms with Crippen LogP contribution in [0.5, 0.6) is 0 Å². The Bertz CT molecular complexity index is 635. The lowest BCUT2D eigenvalue weighted by molar-refractivity contribution is -0.139. The van der Waals surface area contributed by atoms with Gasteiger partial charge in [-0.3, -0.25) is 4.79 Å². The molecule has 0 spiro atoms. The Morgan fingerprint density at radius 3 is 2.90 bits per heavy atom. The molecule has 1 aromatic carbocycles. The molecule has 1 atom stereocenters. The van der Waals surface area contributed by atoms with Gasteiger partial charge in [0, 0.05) is 36.4 Å². The summed E-state index contributed by atoms with van der Waals surface area (Å²) in [4.78, 5) is 26.4. The van der Waals surface area contributed by atoms with Crippen molar-refractivity contribution in [3.8, 4) is 0 Å². The van der Waals surface area contributed by atoms with Gasteiger partial charge in [-0.2, -0.15) is 0 Å². The minimum Gasteiger partial charge on any atom is -0.480 e. The molecule has 21 heavy (non-hydrogen) atoms. The van der Waals surface area contributed by atoms with Crippen LogP contribution in [-0.2, 0) is 9.53 Å². The predicted molar refractivity (Wildman–Crippen MR) is 78.3 cm³/mol. The molecule has 0 saturated heterocycles. The highest BCUT2D eigenvalue weighted by atomic mass is 16.5. The summed E-state index contributed by atoms with van der Waals surface area (Å²) in [7, 11) is 1.56. The van der Waals surface area contributed by atoms with E-state index < -0.39 is 12.0 Å². The van der Waals surface area contributed by atoms with E-state index in [4.69, 9.17) is 9.84 Å². The number of aromatic nitrogens is 1. The Balaban J connectivity index is 2.05. The van der Waals surface area contributed by atoms with Gasteiger partial charge in [-0.15, -0.1) is 0 Å². The molecule has 0 aliphatic heterocycles.